The van der Waals surface area contributed by atoms with E-state index in [1.807, 2.05) is 0 Å². The molecule has 0 radical (unpaired) electrons. The van der Waals surface area contributed by atoms with E-state index in [0.717, 1.165) is 0 Å². The number of rotatable bonds is 3. The summed E-state index contributed by atoms with van der Waals surface area (Å²) in [6.45, 7) is -1.14. The Morgan fingerprint density at radius 1 is 1.50 bits per heavy atom. The Bertz CT molecular complexity index is 331. The Hall–Kier alpha value is -0.350. The lowest BCUT2D eigenvalue weighted by Gasteiger charge is -2.12. The second kappa shape index (κ2) is 4.94. The van der Waals surface area contributed by atoms with Crippen LogP contribution in [0.1, 0.15) is 11.1 Å². The molecule has 0 aromatic heterocycles. The summed E-state index contributed by atoms with van der Waals surface area (Å²) < 4.78 is 28.5. The van der Waals surface area contributed by atoms with Crippen LogP contribution in [0.15, 0.2) is 12.1 Å². The fourth-order valence-corrected chi connectivity index (χ4v) is 1.87. The van der Waals surface area contributed by atoms with E-state index in [0.29, 0.717) is 21.5 Å². The first kappa shape index (κ1) is 11.7. The van der Waals surface area contributed by atoms with E-state index in [2.05, 4.69) is 20.7 Å². The number of hydrogen-bond acceptors (Lipinski definition) is 1. The molecule has 0 atom stereocenters. The van der Waals surface area contributed by atoms with Gasteiger partial charge in [0.2, 0.25) is 0 Å². The molecule has 0 N–H and O–H groups in total. The molecule has 0 aliphatic heterocycles. The molecule has 5 heteroatoms. The first-order valence-corrected chi connectivity index (χ1v) is 5.34. The van der Waals surface area contributed by atoms with E-state index in [1.54, 1.807) is 19.1 Å². The molecule has 78 valence electrons. The van der Waals surface area contributed by atoms with Gasteiger partial charge in [-0.1, -0.05) is 27.5 Å². The fraction of sp³-hybridized carbons (Fsp3) is 0.333. The Morgan fingerprint density at radius 3 is 2.64 bits per heavy atom. The zero-order valence-corrected chi connectivity index (χ0v) is 9.70. The molecular formula is C9H8BrClF2O. The first-order chi connectivity index (χ1) is 6.54. The van der Waals surface area contributed by atoms with Crippen molar-refractivity contribution in [3.8, 4) is 5.75 Å². The second-order valence-electron chi connectivity index (χ2n) is 2.72. The number of ether oxygens (including phenoxy) is 1. The van der Waals surface area contributed by atoms with E-state index < -0.39 is 6.61 Å². The van der Waals surface area contributed by atoms with Crippen molar-refractivity contribution in [2.24, 2.45) is 0 Å². The predicted molar refractivity (Wildman–Crippen MR) is 55.5 cm³/mol. The lowest BCUT2D eigenvalue weighted by Crippen LogP contribution is -2.05. The van der Waals surface area contributed by atoms with Crippen molar-refractivity contribution in [2.45, 2.75) is 18.9 Å². The highest BCUT2D eigenvalue weighted by molar-refractivity contribution is 9.08. The van der Waals surface area contributed by atoms with Crippen molar-refractivity contribution >= 4 is 27.5 Å². The van der Waals surface area contributed by atoms with E-state index in [-0.39, 0.29) is 5.75 Å². The molecule has 0 bridgehead atoms. The zero-order valence-electron chi connectivity index (χ0n) is 7.36. The number of aryl methyl sites for hydroxylation is 1. The highest BCUT2D eigenvalue weighted by Crippen LogP contribution is 2.30. The average molecular weight is 286 g/mol. The molecule has 0 aliphatic rings. The van der Waals surface area contributed by atoms with Crippen LogP contribution >= 0.6 is 27.5 Å². The minimum atomic E-state index is -2.81. The molecule has 0 amide bonds. The molecule has 14 heavy (non-hydrogen) atoms. The van der Waals surface area contributed by atoms with Gasteiger partial charge in [0.1, 0.15) is 5.75 Å². The van der Waals surface area contributed by atoms with Crippen LogP contribution in [0.25, 0.3) is 0 Å². The minimum Gasteiger partial charge on any atom is -0.434 e. The highest BCUT2D eigenvalue weighted by Gasteiger charge is 2.12. The van der Waals surface area contributed by atoms with Crippen LogP contribution in [0.5, 0.6) is 5.75 Å². The summed E-state index contributed by atoms with van der Waals surface area (Å²) in [5, 5.41) is 0.940. The van der Waals surface area contributed by atoms with Gasteiger partial charge in [0, 0.05) is 15.9 Å². The van der Waals surface area contributed by atoms with Gasteiger partial charge in [0.05, 0.1) is 0 Å². The lowest BCUT2D eigenvalue weighted by atomic mass is 10.1. The Morgan fingerprint density at radius 2 is 2.14 bits per heavy atom. The van der Waals surface area contributed by atoms with Gasteiger partial charge in [-0.05, 0) is 24.6 Å². The van der Waals surface area contributed by atoms with E-state index in [9.17, 15) is 8.78 Å². The van der Waals surface area contributed by atoms with Gasteiger partial charge in [-0.3, -0.25) is 0 Å². The number of benzene rings is 1. The number of alkyl halides is 3. The quantitative estimate of drug-likeness (QED) is 0.758. The molecule has 0 aliphatic carbocycles. The molecule has 0 unspecified atom stereocenters. The van der Waals surface area contributed by atoms with Gasteiger partial charge in [0.15, 0.2) is 0 Å². The Kier molecular flexibility index (Phi) is 4.13. The Balaban J connectivity index is 3.11. The van der Waals surface area contributed by atoms with Gasteiger partial charge in [0.25, 0.3) is 0 Å². The molecule has 0 heterocycles. The minimum absolute atomic E-state index is 0.196. The lowest BCUT2D eigenvalue weighted by molar-refractivity contribution is -0.0507. The average Bonchev–Trinajstić information content (AvgIpc) is 2.08. The topological polar surface area (TPSA) is 9.23 Å². The maximum absolute atomic E-state index is 12.0. The van der Waals surface area contributed by atoms with Crippen molar-refractivity contribution < 1.29 is 13.5 Å². The summed E-state index contributed by atoms with van der Waals surface area (Å²) in [4.78, 5) is 0. The third-order valence-electron chi connectivity index (χ3n) is 1.67. The summed E-state index contributed by atoms with van der Waals surface area (Å²) in [6.07, 6.45) is 0. The standard InChI is InChI=1S/C9H8BrClF2O/c1-5-2-7(11)3-6(4-10)8(5)14-9(12)13/h2-3,9H,4H2,1H3. The van der Waals surface area contributed by atoms with Crippen LogP contribution in [0.2, 0.25) is 5.02 Å². The van der Waals surface area contributed by atoms with Crippen molar-refractivity contribution in [3.63, 3.8) is 0 Å². The SMILES string of the molecule is Cc1cc(Cl)cc(CBr)c1OC(F)F. The van der Waals surface area contributed by atoms with Gasteiger partial charge < -0.3 is 4.74 Å². The third-order valence-corrected chi connectivity index (χ3v) is 2.49. The molecule has 1 rings (SSSR count). The largest absolute Gasteiger partial charge is 0.434 e. The maximum atomic E-state index is 12.0. The van der Waals surface area contributed by atoms with Gasteiger partial charge in [-0.15, -0.1) is 0 Å². The number of halogens is 4. The molecular weight excluding hydrogens is 277 g/mol. The molecule has 0 spiro atoms. The highest BCUT2D eigenvalue weighted by atomic mass is 79.9. The van der Waals surface area contributed by atoms with E-state index in [4.69, 9.17) is 11.6 Å². The monoisotopic (exact) mass is 284 g/mol. The van der Waals surface area contributed by atoms with Gasteiger partial charge >= 0.3 is 6.61 Å². The van der Waals surface area contributed by atoms with Crippen LogP contribution in [0.4, 0.5) is 8.78 Å². The van der Waals surface area contributed by atoms with Crippen LogP contribution < -0.4 is 4.74 Å². The fourth-order valence-electron chi connectivity index (χ4n) is 1.16. The van der Waals surface area contributed by atoms with Crippen molar-refractivity contribution in [2.75, 3.05) is 0 Å². The van der Waals surface area contributed by atoms with Crippen molar-refractivity contribution in [3.05, 3.63) is 28.3 Å². The van der Waals surface area contributed by atoms with Crippen molar-refractivity contribution in [1.29, 1.82) is 0 Å². The van der Waals surface area contributed by atoms with Crippen molar-refractivity contribution in [1.82, 2.24) is 0 Å². The van der Waals surface area contributed by atoms with Gasteiger partial charge in [-0.2, -0.15) is 8.78 Å². The van der Waals surface area contributed by atoms with Gasteiger partial charge in [-0.25, -0.2) is 0 Å². The number of hydrogen-bond donors (Lipinski definition) is 0. The smallest absolute Gasteiger partial charge is 0.387 e. The van der Waals surface area contributed by atoms with Crippen LogP contribution in [-0.2, 0) is 5.33 Å². The molecule has 1 aromatic rings. The molecule has 0 saturated heterocycles. The first-order valence-electron chi connectivity index (χ1n) is 3.84. The summed E-state index contributed by atoms with van der Waals surface area (Å²) in [5.74, 6) is 0.196. The summed E-state index contributed by atoms with van der Waals surface area (Å²) in [5.41, 5.74) is 1.22. The van der Waals surface area contributed by atoms with Crippen LogP contribution in [0.3, 0.4) is 0 Å². The molecule has 0 fully saturated rings. The molecule has 1 aromatic carbocycles. The van der Waals surface area contributed by atoms with Crippen LogP contribution in [0, 0.1) is 6.92 Å². The summed E-state index contributed by atoms with van der Waals surface area (Å²) in [7, 11) is 0. The molecule has 1 nitrogen and oxygen atoms in total. The summed E-state index contributed by atoms with van der Waals surface area (Å²) >= 11 is 8.96. The second-order valence-corrected chi connectivity index (χ2v) is 3.72. The summed E-state index contributed by atoms with van der Waals surface area (Å²) in [6, 6.07) is 3.19. The molecule has 0 saturated carbocycles. The third kappa shape index (κ3) is 2.82. The Labute approximate surface area is 94.1 Å². The zero-order chi connectivity index (χ0) is 10.7. The van der Waals surface area contributed by atoms with Crippen LogP contribution in [-0.4, -0.2) is 6.61 Å². The maximum Gasteiger partial charge on any atom is 0.387 e. The normalized spacial score (nSPS) is 10.7. The van der Waals surface area contributed by atoms with E-state index in [1.165, 1.54) is 0 Å². The van der Waals surface area contributed by atoms with E-state index >= 15 is 0 Å². The predicted octanol–water partition coefficient (Wildman–Crippen LogP) is 4.14.